The van der Waals surface area contributed by atoms with Gasteiger partial charge in [0, 0.05) is 0 Å². The highest BCUT2D eigenvalue weighted by Crippen LogP contribution is 2.29. The Kier molecular flexibility index (Phi) is 3.71. The average Bonchev–Trinajstić information content (AvgIpc) is 2.96. The summed E-state index contributed by atoms with van der Waals surface area (Å²) in [4.78, 5) is 11.8. The first-order chi connectivity index (χ1) is 8.63. The molecule has 2 rings (SSSR count). The Morgan fingerprint density at radius 1 is 1.61 bits per heavy atom. The number of hydrogen-bond donors (Lipinski definition) is 1. The molecule has 2 aromatic rings. The number of rotatable bonds is 5. The van der Waals surface area contributed by atoms with Crippen molar-refractivity contribution in [3.05, 3.63) is 17.0 Å². The van der Waals surface area contributed by atoms with Crippen molar-refractivity contribution in [1.82, 2.24) is 20.2 Å². The van der Waals surface area contributed by atoms with E-state index in [1.54, 1.807) is 22.9 Å². The van der Waals surface area contributed by atoms with Gasteiger partial charge in [-0.2, -0.15) is 0 Å². The molecule has 0 aromatic carbocycles. The van der Waals surface area contributed by atoms with Crippen LogP contribution in [-0.4, -0.2) is 31.3 Å². The van der Waals surface area contributed by atoms with Crippen molar-refractivity contribution in [2.24, 2.45) is 0 Å². The standard InChI is InChI=1S/C11H14N4O2S/c1-3-8-4-5-18-10(8)11-12-13-14-15(11)7(2)6-9(16)17/h4-5,7H,3,6H2,1-2H3,(H,16,17). The second-order valence-corrected chi connectivity index (χ2v) is 4.94. The minimum Gasteiger partial charge on any atom is -0.481 e. The summed E-state index contributed by atoms with van der Waals surface area (Å²) in [5, 5.41) is 22.4. The molecule has 0 aliphatic carbocycles. The van der Waals surface area contributed by atoms with Gasteiger partial charge in [0.05, 0.1) is 17.3 Å². The number of carboxylic acid groups (broad SMARTS) is 1. The van der Waals surface area contributed by atoms with Gasteiger partial charge in [0.25, 0.3) is 0 Å². The lowest BCUT2D eigenvalue weighted by Crippen LogP contribution is -2.13. The van der Waals surface area contributed by atoms with Crippen molar-refractivity contribution in [2.45, 2.75) is 32.7 Å². The van der Waals surface area contributed by atoms with Crippen molar-refractivity contribution in [1.29, 1.82) is 0 Å². The predicted octanol–water partition coefficient (Wildman–Crippen LogP) is 2.00. The van der Waals surface area contributed by atoms with Crippen LogP contribution in [0.4, 0.5) is 0 Å². The van der Waals surface area contributed by atoms with Crippen molar-refractivity contribution in [3.63, 3.8) is 0 Å². The molecule has 0 bridgehead atoms. The van der Waals surface area contributed by atoms with Crippen LogP contribution in [0.2, 0.25) is 0 Å². The van der Waals surface area contributed by atoms with Gasteiger partial charge < -0.3 is 5.11 Å². The van der Waals surface area contributed by atoms with Crippen molar-refractivity contribution >= 4 is 17.3 Å². The smallest absolute Gasteiger partial charge is 0.305 e. The minimum atomic E-state index is -0.856. The minimum absolute atomic E-state index is 0.00483. The summed E-state index contributed by atoms with van der Waals surface area (Å²) >= 11 is 1.57. The third-order valence-electron chi connectivity index (χ3n) is 2.71. The molecule has 0 spiro atoms. The summed E-state index contributed by atoms with van der Waals surface area (Å²) in [6.07, 6.45) is 0.907. The molecule has 7 heteroatoms. The fourth-order valence-corrected chi connectivity index (χ4v) is 2.76. The monoisotopic (exact) mass is 266 g/mol. The molecule has 0 fully saturated rings. The number of aromatic nitrogens is 4. The normalized spacial score (nSPS) is 12.6. The molecule has 0 saturated carbocycles. The fraction of sp³-hybridized carbons (Fsp3) is 0.455. The first-order valence-corrected chi connectivity index (χ1v) is 6.57. The van der Waals surface area contributed by atoms with Crippen LogP contribution in [0.3, 0.4) is 0 Å². The van der Waals surface area contributed by atoms with Gasteiger partial charge in [-0.3, -0.25) is 4.79 Å². The van der Waals surface area contributed by atoms with Crippen molar-refractivity contribution < 1.29 is 9.90 Å². The maximum absolute atomic E-state index is 10.7. The molecule has 0 aliphatic rings. The zero-order chi connectivity index (χ0) is 13.1. The van der Waals surface area contributed by atoms with Crippen molar-refractivity contribution in [2.75, 3.05) is 0 Å². The predicted molar refractivity (Wildman–Crippen MR) is 67.5 cm³/mol. The van der Waals surface area contributed by atoms with Gasteiger partial charge >= 0.3 is 5.97 Å². The summed E-state index contributed by atoms with van der Waals surface area (Å²) in [5.74, 6) is -0.207. The summed E-state index contributed by atoms with van der Waals surface area (Å²) in [7, 11) is 0. The van der Waals surface area contributed by atoms with E-state index in [-0.39, 0.29) is 12.5 Å². The summed E-state index contributed by atoms with van der Waals surface area (Å²) in [6, 6.07) is 1.78. The van der Waals surface area contributed by atoms with Gasteiger partial charge in [-0.05, 0) is 40.8 Å². The molecule has 2 heterocycles. The van der Waals surface area contributed by atoms with Crippen LogP contribution in [-0.2, 0) is 11.2 Å². The van der Waals surface area contributed by atoms with Crippen LogP contribution >= 0.6 is 11.3 Å². The van der Waals surface area contributed by atoms with Crippen LogP contribution < -0.4 is 0 Å². The molecule has 96 valence electrons. The lowest BCUT2D eigenvalue weighted by molar-refractivity contribution is -0.137. The Balaban J connectivity index is 2.36. The van der Waals surface area contributed by atoms with Gasteiger partial charge in [0.15, 0.2) is 5.82 Å². The number of nitrogens with zero attached hydrogens (tertiary/aromatic N) is 4. The Labute approximate surface area is 108 Å². The lowest BCUT2D eigenvalue weighted by Gasteiger charge is -2.10. The number of aliphatic carboxylic acids is 1. The quantitative estimate of drug-likeness (QED) is 0.895. The van der Waals surface area contributed by atoms with E-state index < -0.39 is 5.97 Å². The van der Waals surface area contributed by atoms with Crippen LogP contribution in [0.1, 0.15) is 31.9 Å². The third kappa shape index (κ3) is 2.40. The van der Waals surface area contributed by atoms with Crippen LogP contribution in [0, 0.1) is 0 Å². The first-order valence-electron chi connectivity index (χ1n) is 5.69. The van der Waals surface area contributed by atoms with Crippen LogP contribution in [0.15, 0.2) is 11.4 Å². The van der Waals surface area contributed by atoms with Gasteiger partial charge in [-0.15, -0.1) is 16.4 Å². The van der Waals surface area contributed by atoms with E-state index in [1.807, 2.05) is 11.4 Å². The van der Waals surface area contributed by atoms with Crippen LogP contribution in [0.5, 0.6) is 0 Å². The molecule has 1 unspecified atom stereocenters. The number of carbonyl (C=O) groups is 1. The van der Waals surface area contributed by atoms with Crippen molar-refractivity contribution in [3.8, 4) is 10.7 Å². The molecule has 0 radical (unpaired) electrons. The van der Waals surface area contributed by atoms with E-state index in [0.717, 1.165) is 11.3 Å². The molecule has 6 nitrogen and oxygen atoms in total. The summed E-state index contributed by atoms with van der Waals surface area (Å²) in [6.45, 7) is 3.87. The summed E-state index contributed by atoms with van der Waals surface area (Å²) < 4.78 is 1.58. The Morgan fingerprint density at radius 3 is 3.06 bits per heavy atom. The number of tetrazole rings is 1. The Morgan fingerprint density at radius 2 is 2.39 bits per heavy atom. The zero-order valence-corrected chi connectivity index (χ0v) is 11.0. The van der Waals surface area contributed by atoms with E-state index in [1.165, 1.54) is 5.56 Å². The van der Waals surface area contributed by atoms with Gasteiger partial charge in [0.2, 0.25) is 0 Å². The molecular weight excluding hydrogens is 252 g/mol. The molecule has 18 heavy (non-hydrogen) atoms. The molecular formula is C11H14N4O2S. The molecule has 1 N–H and O–H groups in total. The number of thiophene rings is 1. The first kappa shape index (κ1) is 12.7. The highest BCUT2D eigenvalue weighted by molar-refractivity contribution is 7.13. The van der Waals surface area contributed by atoms with Gasteiger partial charge in [0.1, 0.15) is 0 Å². The average molecular weight is 266 g/mol. The summed E-state index contributed by atoms with van der Waals surface area (Å²) in [5.41, 5.74) is 1.18. The molecule has 0 saturated heterocycles. The molecule has 2 aromatic heterocycles. The second-order valence-electron chi connectivity index (χ2n) is 4.02. The second kappa shape index (κ2) is 5.26. The van der Waals surface area contributed by atoms with E-state index in [4.69, 9.17) is 5.11 Å². The largest absolute Gasteiger partial charge is 0.481 e. The highest BCUT2D eigenvalue weighted by Gasteiger charge is 2.19. The molecule has 0 aliphatic heterocycles. The third-order valence-corrected chi connectivity index (χ3v) is 3.66. The number of carboxylic acids is 1. The number of hydrogen-bond acceptors (Lipinski definition) is 5. The van der Waals surface area contributed by atoms with E-state index in [9.17, 15) is 4.79 Å². The SMILES string of the molecule is CCc1ccsc1-c1nnnn1C(C)CC(=O)O. The topological polar surface area (TPSA) is 80.9 Å². The maximum Gasteiger partial charge on any atom is 0.305 e. The Bertz CT molecular complexity index is 549. The highest BCUT2D eigenvalue weighted by atomic mass is 32.1. The molecule has 1 atom stereocenters. The fourth-order valence-electron chi connectivity index (χ4n) is 1.79. The van der Waals surface area contributed by atoms with Gasteiger partial charge in [-0.1, -0.05) is 6.92 Å². The number of aryl methyl sites for hydroxylation is 1. The van der Waals surface area contributed by atoms with E-state index >= 15 is 0 Å². The molecule has 0 amide bonds. The maximum atomic E-state index is 10.7. The zero-order valence-electron chi connectivity index (χ0n) is 10.2. The lowest BCUT2D eigenvalue weighted by atomic mass is 10.2. The van der Waals surface area contributed by atoms with E-state index in [0.29, 0.717) is 5.82 Å². The van der Waals surface area contributed by atoms with Gasteiger partial charge in [-0.25, -0.2) is 4.68 Å². The Hall–Kier alpha value is -1.76. The van der Waals surface area contributed by atoms with E-state index in [2.05, 4.69) is 22.4 Å². The van der Waals surface area contributed by atoms with Crippen LogP contribution in [0.25, 0.3) is 10.7 Å².